The van der Waals surface area contributed by atoms with Crippen molar-refractivity contribution < 1.29 is 4.74 Å². The Morgan fingerprint density at radius 3 is 2.47 bits per heavy atom. The number of nitrogens with zero attached hydrogens (tertiary/aromatic N) is 2. The highest BCUT2D eigenvalue weighted by Gasteiger charge is 2.00. The molecule has 3 nitrogen and oxygen atoms in total. The predicted molar refractivity (Wildman–Crippen MR) is 67.8 cm³/mol. The number of benzene rings is 1. The molecule has 0 bridgehead atoms. The molecule has 88 valence electrons. The van der Waals surface area contributed by atoms with Gasteiger partial charge in [-0.15, -0.1) is 0 Å². The van der Waals surface area contributed by atoms with Crippen LogP contribution in [0, 0.1) is 5.92 Å². The summed E-state index contributed by atoms with van der Waals surface area (Å²) in [6.07, 6.45) is 5.12. The third kappa shape index (κ3) is 3.28. The number of ether oxygens (including phenoxy) is 1. The number of rotatable bonds is 4. The molecule has 0 aliphatic rings. The highest BCUT2D eigenvalue weighted by atomic mass is 16.5. The van der Waals surface area contributed by atoms with Gasteiger partial charge in [-0.3, -0.25) is 9.97 Å². The van der Waals surface area contributed by atoms with Gasteiger partial charge in [-0.05, 0) is 30.2 Å². The summed E-state index contributed by atoms with van der Waals surface area (Å²) < 4.78 is 5.62. The van der Waals surface area contributed by atoms with Crippen LogP contribution in [0.5, 0.6) is 5.75 Å². The van der Waals surface area contributed by atoms with E-state index in [0.717, 1.165) is 23.6 Å². The van der Waals surface area contributed by atoms with Gasteiger partial charge in [0.05, 0.1) is 18.5 Å². The second-order valence-corrected chi connectivity index (χ2v) is 4.32. The Hall–Kier alpha value is -1.90. The molecule has 17 heavy (non-hydrogen) atoms. The maximum absolute atomic E-state index is 5.62. The minimum Gasteiger partial charge on any atom is -0.493 e. The van der Waals surface area contributed by atoms with E-state index in [9.17, 15) is 0 Å². The summed E-state index contributed by atoms with van der Waals surface area (Å²) in [6, 6.07) is 7.93. The van der Waals surface area contributed by atoms with E-state index in [1.54, 1.807) is 18.6 Å². The van der Waals surface area contributed by atoms with Crippen LogP contribution in [0.15, 0.2) is 42.9 Å². The fourth-order valence-corrected chi connectivity index (χ4v) is 1.43. The van der Waals surface area contributed by atoms with E-state index >= 15 is 0 Å². The summed E-state index contributed by atoms with van der Waals surface area (Å²) in [5.41, 5.74) is 1.93. The first kappa shape index (κ1) is 11.6. The average molecular weight is 228 g/mol. The van der Waals surface area contributed by atoms with Crippen LogP contribution >= 0.6 is 0 Å². The average Bonchev–Trinajstić information content (AvgIpc) is 2.38. The summed E-state index contributed by atoms with van der Waals surface area (Å²) in [6.45, 7) is 5.01. The lowest BCUT2D eigenvalue weighted by molar-refractivity contribution is 0.271. The van der Waals surface area contributed by atoms with E-state index < -0.39 is 0 Å². The van der Waals surface area contributed by atoms with Gasteiger partial charge in [0.2, 0.25) is 0 Å². The van der Waals surface area contributed by atoms with Gasteiger partial charge in [0.25, 0.3) is 0 Å². The maximum Gasteiger partial charge on any atom is 0.119 e. The second-order valence-electron chi connectivity index (χ2n) is 4.32. The van der Waals surface area contributed by atoms with E-state index in [1.807, 2.05) is 24.3 Å². The summed E-state index contributed by atoms with van der Waals surface area (Å²) in [4.78, 5) is 8.30. The molecule has 3 heteroatoms. The van der Waals surface area contributed by atoms with Crippen molar-refractivity contribution in [1.29, 1.82) is 0 Å². The molecule has 2 rings (SSSR count). The molecule has 2 aromatic rings. The lowest BCUT2D eigenvalue weighted by atomic mass is 10.1. The number of hydrogen-bond donors (Lipinski definition) is 0. The Kier molecular flexibility index (Phi) is 3.70. The van der Waals surface area contributed by atoms with Gasteiger partial charge in [0.1, 0.15) is 5.75 Å². The van der Waals surface area contributed by atoms with E-state index in [1.165, 1.54) is 0 Å². The molecular weight excluding hydrogens is 212 g/mol. The summed E-state index contributed by atoms with van der Waals surface area (Å²) >= 11 is 0. The monoisotopic (exact) mass is 228 g/mol. The molecule has 0 spiro atoms. The first-order chi connectivity index (χ1) is 8.25. The van der Waals surface area contributed by atoms with Gasteiger partial charge in [-0.25, -0.2) is 0 Å². The van der Waals surface area contributed by atoms with Crippen molar-refractivity contribution >= 4 is 0 Å². The smallest absolute Gasteiger partial charge is 0.119 e. The van der Waals surface area contributed by atoms with Crippen molar-refractivity contribution in [2.24, 2.45) is 5.92 Å². The summed E-state index contributed by atoms with van der Waals surface area (Å²) in [5, 5.41) is 0. The third-order valence-corrected chi connectivity index (χ3v) is 2.30. The van der Waals surface area contributed by atoms with Crippen LogP contribution in [0.25, 0.3) is 11.3 Å². The standard InChI is InChI=1S/C14H16N2O/c1-11(2)10-17-13-5-3-12(4-6-13)14-9-15-7-8-16-14/h3-9,11H,10H2,1-2H3. The summed E-state index contributed by atoms with van der Waals surface area (Å²) in [5.74, 6) is 1.43. The molecule has 0 atom stereocenters. The SMILES string of the molecule is CC(C)COc1ccc(-c2cnccn2)cc1. The van der Waals surface area contributed by atoms with Crippen LogP contribution in [0.3, 0.4) is 0 Å². The van der Waals surface area contributed by atoms with Crippen LogP contribution in [0.2, 0.25) is 0 Å². The zero-order chi connectivity index (χ0) is 12.1. The fourth-order valence-electron chi connectivity index (χ4n) is 1.43. The molecule has 0 saturated heterocycles. The van der Waals surface area contributed by atoms with E-state index in [4.69, 9.17) is 4.74 Å². The molecule has 0 aliphatic heterocycles. The molecule has 0 radical (unpaired) electrons. The van der Waals surface area contributed by atoms with Gasteiger partial charge in [0, 0.05) is 18.0 Å². The lowest BCUT2D eigenvalue weighted by Crippen LogP contribution is -2.04. The molecule has 0 saturated carbocycles. The third-order valence-electron chi connectivity index (χ3n) is 2.30. The van der Waals surface area contributed by atoms with Crippen LogP contribution < -0.4 is 4.74 Å². The Bertz CT molecular complexity index is 451. The van der Waals surface area contributed by atoms with Crippen LogP contribution in [-0.4, -0.2) is 16.6 Å². The fraction of sp³-hybridized carbons (Fsp3) is 0.286. The minimum atomic E-state index is 0.537. The van der Waals surface area contributed by atoms with Gasteiger partial charge in [-0.1, -0.05) is 13.8 Å². The van der Waals surface area contributed by atoms with Gasteiger partial charge < -0.3 is 4.74 Å². The predicted octanol–water partition coefficient (Wildman–Crippen LogP) is 3.18. The maximum atomic E-state index is 5.62. The molecule has 0 fully saturated rings. The van der Waals surface area contributed by atoms with E-state index in [-0.39, 0.29) is 0 Å². The van der Waals surface area contributed by atoms with Crippen molar-refractivity contribution in [2.45, 2.75) is 13.8 Å². The topological polar surface area (TPSA) is 35.0 Å². The van der Waals surface area contributed by atoms with E-state index in [2.05, 4.69) is 23.8 Å². The number of hydrogen-bond acceptors (Lipinski definition) is 3. The molecule has 1 aromatic heterocycles. The lowest BCUT2D eigenvalue weighted by Gasteiger charge is -2.08. The Morgan fingerprint density at radius 2 is 1.88 bits per heavy atom. The second kappa shape index (κ2) is 5.43. The first-order valence-corrected chi connectivity index (χ1v) is 5.75. The molecule has 1 heterocycles. The highest BCUT2D eigenvalue weighted by molar-refractivity contribution is 5.58. The van der Waals surface area contributed by atoms with Crippen LogP contribution in [0.4, 0.5) is 0 Å². The molecule has 0 N–H and O–H groups in total. The molecule has 0 unspecified atom stereocenters. The Labute approximate surface area is 102 Å². The molecular formula is C14H16N2O. The summed E-state index contributed by atoms with van der Waals surface area (Å²) in [7, 11) is 0. The van der Waals surface area contributed by atoms with Gasteiger partial charge in [0.15, 0.2) is 0 Å². The van der Waals surface area contributed by atoms with Gasteiger partial charge >= 0.3 is 0 Å². The quantitative estimate of drug-likeness (QED) is 0.806. The zero-order valence-electron chi connectivity index (χ0n) is 10.1. The largest absolute Gasteiger partial charge is 0.493 e. The normalized spacial score (nSPS) is 10.5. The molecule has 1 aromatic carbocycles. The molecule has 0 amide bonds. The van der Waals surface area contributed by atoms with E-state index in [0.29, 0.717) is 5.92 Å². The highest BCUT2D eigenvalue weighted by Crippen LogP contribution is 2.20. The first-order valence-electron chi connectivity index (χ1n) is 5.75. The van der Waals surface area contributed by atoms with Crippen LogP contribution in [0.1, 0.15) is 13.8 Å². The van der Waals surface area contributed by atoms with Gasteiger partial charge in [-0.2, -0.15) is 0 Å². The zero-order valence-corrected chi connectivity index (χ0v) is 10.1. The number of aromatic nitrogens is 2. The van der Waals surface area contributed by atoms with Crippen molar-refractivity contribution in [3.05, 3.63) is 42.9 Å². The Balaban J connectivity index is 2.08. The Morgan fingerprint density at radius 1 is 1.12 bits per heavy atom. The van der Waals surface area contributed by atoms with Crippen molar-refractivity contribution in [3.63, 3.8) is 0 Å². The van der Waals surface area contributed by atoms with Crippen LogP contribution in [-0.2, 0) is 0 Å². The van der Waals surface area contributed by atoms with Crippen molar-refractivity contribution in [1.82, 2.24) is 9.97 Å². The van der Waals surface area contributed by atoms with Crippen molar-refractivity contribution in [3.8, 4) is 17.0 Å². The van der Waals surface area contributed by atoms with Crippen molar-refractivity contribution in [2.75, 3.05) is 6.61 Å². The minimum absolute atomic E-state index is 0.537. The molecule has 0 aliphatic carbocycles.